The Morgan fingerprint density at radius 3 is 3.00 bits per heavy atom. The Bertz CT molecular complexity index is 413. The maximum atomic E-state index is 5.78. The van der Waals surface area contributed by atoms with E-state index in [0.717, 1.165) is 16.7 Å². The van der Waals surface area contributed by atoms with Crippen molar-refractivity contribution in [3.05, 3.63) is 18.5 Å². The Balaban J connectivity index is 2.49. The fourth-order valence-corrected chi connectivity index (χ4v) is 1.35. The highest BCUT2D eigenvalue weighted by Crippen LogP contribution is 2.20. The van der Waals surface area contributed by atoms with Crippen LogP contribution in [0.15, 0.2) is 18.5 Å². The van der Waals surface area contributed by atoms with Gasteiger partial charge in [0.15, 0.2) is 5.65 Å². The molecule has 0 aliphatic rings. The van der Waals surface area contributed by atoms with E-state index in [1.165, 1.54) is 0 Å². The molecule has 2 aromatic rings. The maximum absolute atomic E-state index is 5.78. The van der Waals surface area contributed by atoms with E-state index >= 15 is 0 Å². The van der Waals surface area contributed by atoms with Crippen molar-refractivity contribution < 1.29 is 4.84 Å². The van der Waals surface area contributed by atoms with Crippen molar-refractivity contribution in [2.45, 2.75) is 20.0 Å². The second kappa shape index (κ2) is 2.73. The van der Waals surface area contributed by atoms with Gasteiger partial charge in [-0.3, -0.25) is 0 Å². The van der Waals surface area contributed by atoms with Gasteiger partial charge < -0.3 is 15.6 Å². The van der Waals surface area contributed by atoms with Gasteiger partial charge >= 0.3 is 0 Å². The average molecular weight is 179 g/mol. The molecule has 2 rings (SSSR count). The number of H-pyrrole nitrogens is 1. The van der Waals surface area contributed by atoms with Gasteiger partial charge in [-0.25, -0.2) is 0 Å². The molecule has 70 valence electrons. The molecule has 4 heteroatoms. The Morgan fingerprint density at radius 1 is 1.54 bits per heavy atom. The summed E-state index contributed by atoms with van der Waals surface area (Å²) in [5.74, 6) is 0. The van der Waals surface area contributed by atoms with Gasteiger partial charge in [0.1, 0.15) is 6.10 Å². The summed E-state index contributed by atoms with van der Waals surface area (Å²) in [7, 11) is 0. The molecule has 2 aromatic heterocycles. The molecule has 0 aliphatic heterocycles. The van der Waals surface area contributed by atoms with Gasteiger partial charge in [0.2, 0.25) is 0 Å². The summed E-state index contributed by atoms with van der Waals surface area (Å²) in [4.78, 5) is 8.58. The van der Waals surface area contributed by atoms with Crippen LogP contribution in [0, 0.1) is 0 Å². The quantitative estimate of drug-likeness (QED) is 0.731. The predicted octanol–water partition coefficient (Wildman–Crippen LogP) is 1.39. The zero-order chi connectivity index (χ0) is 9.42. The summed E-state index contributed by atoms with van der Waals surface area (Å²) >= 11 is 0. The molecule has 0 aromatic carbocycles. The number of nitrogen functional groups attached to an aromatic ring is 1. The summed E-state index contributed by atoms with van der Waals surface area (Å²) in [5, 5.41) is 1.00. The SMILES string of the molecule is CC(C)On1cc(N)c2cc[nH]c21. The van der Waals surface area contributed by atoms with Crippen LogP contribution in [0.5, 0.6) is 0 Å². The number of anilines is 1. The third kappa shape index (κ3) is 1.24. The molecule has 0 spiro atoms. The van der Waals surface area contributed by atoms with E-state index in [4.69, 9.17) is 10.6 Å². The number of aromatic amines is 1. The number of nitrogens with one attached hydrogen (secondary N) is 1. The Morgan fingerprint density at radius 2 is 2.31 bits per heavy atom. The number of fused-ring (bicyclic) bond motifs is 1. The molecule has 2 heterocycles. The molecule has 0 fully saturated rings. The minimum absolute atomic E-state index is 0.137. The second-order valence-corrected chi connectivity index (χ2v) is 3.30. The van der Waals surface area contributed by atoms with Crippen molar-refractivity contribution in [1.29, 1.82) is 0 Å². The molecule has 0 atom stereocenters. The van der Waals surface area contributed by atoms with Crippen molar-refractivity contribution in [3.63, 3.8) is 0 Å². The molecule has 0 aliphatic carbocycles. The first-order chi connectivity index (χ1) is 6.18. The van der Waals surface area contributed by atoms with Gasteiger partial charge in [0.05, 0.1) is 11.9 Å². The standard InChI is InChI=1S/C9H13N3O/c1-6(2)13-12-5-8(10)7-3-4-11-9(7)12/h3-6,11H,10H2,1-2H3. The zero-order valence-corrected chi connectivity index (χ0v) is 7.74. The second-order valence-electron chi connectivity index (χ2n) is 3.30. The van der Waals surface area contributed by atoms with Gasteiger partial charge in [-0.2, -0.15) is 4.73 Å². The van der Waals surface area contributed by atoms with Crippen LogP contribution in [-0.4, -0.2) is 15.8 Å². The highest BCUT2D eigenvalue weighted by atomic mass is 16.7. The monoisotopic (exact) mass is 179 g/mol. The van der Waals surface area contributed by atoms with E-state index in [2.05, 4.69) is 4.98 Å². The van der Waals surface area contributed by atoms with Crippen LogP contribution in [0.1, 0.15) is 13.8 Å². The van der Waals surface area contributed by atoms with E-state index < -0.39 is 0 Å². The van der Waals surface area contributed by atoms with E-state index in [1.807, 2.05) is 26.1 Å². The van der Waals surface area contributed by atoms with Crippen molar-refractivity contribution in [2.24, 2.45) is 0 Å². The summed E-state index contributed by atoms with van der Waals surface area (Å²) in [6.07, 6.45) is 3.76. The summed E-state index contributed by atoms with van der Waals surface area (Å²) in [6.45, 7) is 3.95. The topological polar surface area (TPSA) is 56.0 Å². The molecule has 0 bridgehead atoms. The minimum Gasteiger partial charge on any atom is -0.410 e. The predicted molar refractivity (Wildman–Crippen MR) is 52.4 cm³/mol. The molecule has 0 radical (unpaired) electrons. The molecular formula is C9H13N3O. The number of rotatable bonds is 2. The summed E-state index contributed by atoms with van der Waals surface area (Å²) in [5.41, 5.74) is 7.42. The van der Waals surface area contributed by atoms with Crippen LogP contribution in [0.2, 0.25) is 0 Å². The number of nitrogens with zero attached hydrogens (tertiary/aromatic N) is 1. The number of nitrogens with two attached hydrogens (primary N) is 1. The lowest BCUT2D eigenvalue weighted by Gasteiger charge is -2.09. The zero-order valence-electron chi connectivity index (χ0n) is 7.74. The summed E-state index contributed by atoms with van der Waals surface area (Å²) < 4.78 is 1.68. The van der Waals surface area contributed by atoms with Crippen LogP contribution in [0.4, 0.5) is 5.69 Å². The largest absolute Gasteiger partial charge is 0.410 e. The van der Waals surface area contributed by atoms with E-state index in [-0.39, 0.29) is 6.10 Å². The highest BCUT2D eigenvalue weighted by Gasteiger charge is 2.07. The van der Waals surface area contributed by atoms with E-state index in [0.29, 0.717) is 0 Å². The first kappa shape index (κ1) is 8.04. The first-order valence-corrected chi connectivity index (χ1v) is 4.29. The number of hydrogen-bond donors (Lipinski definition) is 2. The fourth-order valence-electron chi connectivity index (χ4n) is 1.35. The smallest absolute Gasteiger partial charge is 0.155 e. The van der Waals surface area contributed by atoms with E-state index in [9.17, 15) is 0 Å². The molecule has 0 saturated heterocycles. The fraction of sp³-hybridized carbons (Fsp3) is 0.333. The third-order valence-corrected chi connectivity index (χ3v) is 1.84. The molecule has 0 amide bonds. The van der Waals surface area contributed by atoms with Gasteiger partial charge in [0.25, 0.3) is 0 Å². The Kier molecular flexibility index (Phi) is 1.69. The molecule has 3 N–H and O–H groups in total. The van der Waals surface area contributed by atoms with Gasteiger partial charge in [-0.15, -0.1) is 0 Å². The number of hydrogen-bond acceptors (Lipinski definition) is 2. The van der Waals surface area contributed by atoms with Crippen molar-refractivity contribution in [2.75, 3.05) is 5.73 Å². The normalized spacial score (nSPS) is 11.3. The van der Waals surface area contributed by atoms with Crippen molar-refractivity contribution in [3.8, 4) is 0 Å². The van der Waals surface area contributed by atoms with Gasteiger partial charge in [-0.1, -0.05) is 0 Å². The number of aromatic nitrogens is 2. The lowest BCUT2D eigenvalue weighted by Crippen LogP contribution is -2.18. The van der Waals surface area contributed by atoms with E-state index in [1.54, 1.807) is 10.9 Å². The average Bonchev–Trinajstić information content (AvgIpc) is 2.56. The van der Waals surface area contributed by atoms with Gasteiger partial charge in [0, 0.05) is 11.6 Å². The van der Waals surface area contributed by atoms with Crippen LogP contribution in [0.3, 0.4) is 0 Å². The lowest BCUT2D eigenvalue weighted by atomic mass is 10.4. The maximum Gasteiger partial charge on any atom is 0.155 e. The van der Waals surface area contributed by atoms with Gasteiger partial charge in [-0.05, 0) is 19.9 Å². The first-order valence-electron chi connectivity index (χ1n) is 4.29. The van der Waals surface area contributed by atoms with Crippen LogP contribution < -0.4 is 10.6 Å². The van der Waals surface area contributed by atoms with Crippen LogP contribution >= 0.6 is 0 Å². The van der Waals surface area contributed by atoms with Crippen LogP contribution in [-0.2, 0) is 0 Å². The Hall–Kier alpha value is -1.58. The Labute approximate surface area is 76.2 Å². The third-order valence-electron chi connectivity index (χ3n) is 1.84. The van der Waals surface area contributed by atoms with Crippen molar-refractivity contribution in [1.82, 2.24) is 9.71 Å². The molecule has 4 nitrogen and oxygen atoms in total. The lowest BCUT2D eigenvalue weighted by molar-refractivity contribution is 0.0678. The highest BCUT2D eigenvalue weighted by molar-refractivity contribution is 5.89. The molecule has 13 heavy (non-hydrogen) atoms. The molecule has 0 saturated carbocycles. The molecule has 0 unspecified atom stereocenters. The van der Waals surface area contributed by atoms with Crippen LogP contribution in [0.25, 0.3) is 11.0 Å². The minimum atomic E-state index is 0.137. The van der Waals surface area contributed by atoms with Crippen molar-refractivity contribution >= 4 is 16.7 Å². The molecular weight excluding hydrogens is 166 g/mol. The summed E-state index contributed by atoms with van der Waals surface area (Å²) in [6, 6.07) is 1.94.